The van der Waals surface area contributed by atoms with Gasteiger partial charge < -0.3 is 5.11 Å². The van der Waals surface area contributed by atoms with Gasteiger partial charge in [0.15, 0.2) is 0 Å². The summed E-state index contributed by atoms with van der Waals surface area (Å²) >= 11 is 0. The first-order valence-electron chi connectivity index (χ1n) is 2.90. The van der Waals surface area contributed by atoms with Gasteiger partial charge in [0.05, 0.1) is 0 Å². The zero-order valence-electron chi connectivity index (χ0n) is 5.68. The van der Waals surface area contributed by atoms with Crippen LogP contribution in [-0.4, -0.2) is 25.3 Å². The van der Waals surface area contributed by atoms with Crippen LogP contribution in [0.15, 0.2) is 0 Å². The summed E-state index contributed by atoms with van der Waals surface area (Å²) in [6.07, 6.45) is 2.65. The van der Waals surface area contributed by atoms with Crippen molar-refractivity contribution in [2.45, 2.75) is 12.8 Å². The Hall–Kier alpha value is 0.568. The average Bonchev–Trinajstić information content (AvgIpc) is 1.96. The fraction of sp³-hybridized carbons (Fsp3) is 1.00. The Kier molecular flexibility index (Phi) is 15.5. The number of aliphatic hydroxyl groups excluding tert-OH is 1. The number of hydrazine groups is 1. The Morgan fingerprint density at radius 2 is 1.33 bits per heavy atom. The quantitative estimate of drug-likeness (QED) is 0.564. The molecule has 1 aliphatic rings. The molecule has 3 N–H and O–H groups in total. The van der Waals surface area contributed by atoms with Crippen molar-refractivity contribution in [2.24, 2.45) is 0 Å². The van der Waals surface area contributed by atoms with Gasteiger partial charge in [0, 0.05) is 41.3 Å². The summed E-state index contributed by atoms with van der Waals surface area (Å²) in [6, 6.07) is 0. The van der Waals surface area contributed by atoms with Crippen LogP contribution in [0, 0.1) is 0 Å². The molecule has 1 saturated heterocycles. The van der Waals surface area contributed by atoms with Crippen molar-refractivity contribution in [3.8, 4) is 0 Å². The summed E-state index contributed by atoms with van der Waals surface area (Å²) in [7, 11) is 1.00. The molecular weight excluding hydrogens is 288 g/mol. The van der Waals surface area contributed by atoms with Crippen molar-refractivity contribution < 1.29 is 26.2 Å². The normalized spacial score (nSPS) is 16.7. The van der Waals surface area contributed by atoms with Crippen LogP contribution in [-0.2, 0) is 21.1 Å². The third-order valence-electron chi connectivity index (χ3n) is 0.979. The summed E-state index contributed by atoms with van der Waals surface area (Å²) in [5.41, 5.74) is 6.07. The van der Waals surface area contributed by atoms with Crippen LogP contribution >= 0.6 is 0 Å². The standard InChI is InChI=1S/C4H10N2.CH4O.W/c1-2-4-6-5-3-1;1-2;/h5-6H,1-4H2;2H,1H3;. The van der Waals surface area contributed by atoms with Crippen molar-refractivity contribution in [2.75, 3.05) is 20.2 Å². The minimum absolute atomic E-state index is 0. The Balaban J connectivity index is 0. The molecule has 3 nitrogen and oxygen atoms in total. The molecule has 4 heteroatoms. The largest absolute Gasteiger partial charge is 0.400 e. The maximum absolute atomic E-state index is 7.00. The van der Waals surface area contributed by atoms with Crippen molar-refractivity contribution in [1.29, 1.82) is 0 Å². The average molecular weight is 302 g/mol. The summed E-state index contributed by atoms with van der Waals surface area (Å²) in [5.74, 6) is 0. The Labute approximate surface area is 70.5 Å². The van der Waals surface area contributed by atoms with E-state index in [0.717, 1.165) is 20.2 Å². The van der Waals surface area contributed by atoms with E-state index in [2.05, 4.69) is 10.9 Å². The maximum Gasteiger partial charge on any atom is 0.0319 e. The summed E-state index contributed by atoms with van der Waals surface area (Å²) in [4.78, 5) is 0. The molecule has 1 heterocycles. The smallest absolute Gasteiger partial charge is 0.0319 e. The molecule has 1 rings (SSSR count). The molecule has 0 radical (unpaired) electrons. The molecule has 0 aromatic carbocycles. The van der Waals surface area contributed by atoms with Gasteiger partial charge in [0.2, 0.25) is 0 Å². The van der Waals surface area contributed by atoms with Gasteiger partial charge in [0.25, 0.3) is 0 Å². The maximum atomic E-state index is 7.00. The monoisotopic (exact) mass is 302 g/mol. The minimum Gasteiger partial charge on any atom is -0.400 e. The van der Waals surface area contributed by atoms with Crippen molar-refractivity contribution in [1.82, 2.24) is 10.9 Å². The zero-order valence-corrected chi connectivity index (χ0v) is 8.62. The molecule has 0 atom stereocenters. The fourth-order valence-corrected chi connectivity index (χ4v) is 0.604. The van der Waals surface area contributed by atoms with Crippen LogP contribution in [0.25, 0.3) is 0 Å². The molecule has 0 amide bonds. The second kappa shape index (κ2) is 11.4. The van der Waals surface area contributed by atoms with E-state index in [9.17, 15) is 0 Å². The predicted molar refractivity (Wildman–Crippen MR) is 33.4 cm³/mol. The van der Waals surface area contributed by atoms with Gasteiger partial charge in [0.1, 0.15) is 0 Å². The van der Waals surface area contributed by atoms with E-state index in [1.165, 1.54) is 12.8 Å². The fourth-order valence-electron chi connectivity index (χ4n) is 0.604. The first-order chi connectivity index (χ1) is 4.00. The molecule has 56 valence electrons. The molecule has 0 saturated carbocycles. The number of aliphatic hydroxyl groups is 1. The first kappa shape index (κ1) is 12.3. The molecule has 0 spiro atoms. The number of hydrogen-bond acceptors (Lipinski definition) is 3. The minimum atomic E-state index is 0. The van der Waals surface area contributed by atoms with Crippen LogP contribution in [0.5, 0.6) is 0 Å². The summed E-state index contributed by atoms with van der Waals surface area (Å²) < 4.78 is 0. The molecule has 0 bridgehead atoms. The van der Waals surface area contributed by atoms with E-state index < -0.39 is 0 Å². The van der Waals surface area contributed by atoms with Crippen LogP contribution in [0.1, 0.15) is 12.8 Å². The zero-order chi connectivity index (χ0) is 6.24. The second-order valence-electron chi connectivity index (χ2n) is 1.56. The SMILES string of the molecule is C1CCNNC1.CO.[W]. The van der Waals surface area contributed by atoms with Crippen molar-refractivity contribution >= 4 is 0 Å². The molecule has 0 aromatic heterocycles. The number of nitrogens with one attached hydrogen (secondary N) is 2. The Morgan fingerprint density at radius 1 is 1.00 bits per heavy atom. The molecule has 0 aromatic rings. The molecule has 0 unspecified atom stereocenters. The van der Waals surface area contributed by atoms with E-state index in [4.69, 9.17) is 5.11 Å². The third-order valence-corrected chi connectivity index (χ3v) is 0.979. The van der Waals surface area contributed by atoms with E-state index >= 15 is 0 Å². The molecular formula is C5H14N2OW. The van der Waals surface area contributed by atoms with Crippen LogP contribution < -0.4 is 10.9 Å². The van der Waals surface area contributed by atoms with Gasteiger partial charge in [-0.3, -0.25) is 10.9 Å². The van der Waals surface area contributed by atoms with Crippen LogP contribution in [0.3, 0.4) is 0 Å². The Bertz CT molecular complexity index is 30.4. The second-order valence-corrected chi connectivity index (χ2v) is 1.56. The number of rotatable bonds is 0. The summed E-state index contributed by atoms with van der Waals surface area (Å²) in [5, 5.41) is 7.00. The van der Waals surface area contributed by atoms with Gasteiger partial charge in [-0.2, -0.15) is 0 Å². The third kappa shape index (κ3) is 8.57. The predicted octanol–water partition coefficient (Wildman–Crippen LogP) is -0.520. The summed E-state index contributed by atoms with van der Waals surface area (Å²) in [6.45, 7) is 2.28. The van der Waals surface area contributed by atoms with E-state index in [0.29, 0.717) is 0 Å². The van der Waals surface area contributed by atoms with Crippen LogP contribution in [0.2, 0.25) is 0 Å². The molecule has 0 aliphatic carbocycles. The van der Waals surface area contributed by atoms with Gasteiger partial charge in [-0.1, -0.05) is 0 Å². The van der Waals surface area contributed by atoms with Crippen molar-refractivity contribution in [3.63, 3.8) is 0 Å². The molecule has 1 fully saturated rings. The molecule has 9 heavy (non-hydrogen) atoms. The van der Waals surface area contributed by atoms with E-state index in [1.807, 2.05) is 0 Å². The van der Waals surface area contributed by atoms with Gasteiger partial charge in [-0.05, 0) is 12.8 Å². The Morgan fingerprint density at radius 3 is 1.44 bits per heavy atom. The van der Waals surface area contributed by atoms with E-state index in [-0.39, 0.29) is 21.1 Å². The molecule has 1 aliphatic heterocycles. The van der Waals surface area contributed by atoms with Crippen molar-refractivity contribution in [3.05, 3.63) is 0 Å². The first-order valence-corrected chi connectivity index (χ1v) is 2.90. The number of hydrogen-bond donors (Lipinski definition) is 3. The topological polar surface area (TPSA) is 44.3 Å². The van der Waals surface area contributed by atoms with Gasteiger partial charge in [-0.25, -0.2) is 0 Å². The van der Waals surface area contributed by atoms with E-state index in [1.54, 1.807) is 0 Å². The van der Waals surface area contributed by atoms with Crippen LogP contribution in [0.4, 0.5) is 0 Å². The van der Waals surface area contributed by atoms with Gasteiger partial charge in [-0.15, -0.1) is 0 Å². The van der Waals surface area contributed by atoms with Gasteiger partial charge >= 0.3 is 0 Å².